The maximum atomic E-state index is 13.5. The normalized spacial score (nSPS) is 20.5. The third kappa shape index (κ3) is 2.77. The average molecular weight is 464 g/mol. The lowest BCUT2D eigenvalue weighted by molar-refractivity contribution is -0.172. The number of aromatic nitrogens is 2. The minimum absolute atomic E-state index is 0.112. The quantitative estimate of drug-likeness (QED) is 0.449. The number of thioether (sulfide) groups is 1. The van der Waals surface area contributed by atoms with E-state index in [2.05, 4.69) is 25.2 Å². The van der Waals surface area contributed by atoms with E-state index in [1.54, 1.807) is 17.6 Å². The molecule has 33 heavy (non-hydrogen) atoms. The van der Waals surface area contributed by atoms with Gasteiger partial charge >= 0.3 is 5.97 Å². The second kappa shape index (κ2) is 7.08. The van der Waals surface area contributed by atoms with E-state index in [9.17, 15) is 14.7 Å². The van der Waals surface area contributed by atoms with Gasteiger partial charge in [0, 0.05) is 38.9 Å². The second-order valence-electron chi connectivity index (χ2n) is 9.25. The number of aryl methyl sites for hydroxylation is 1. The van der Waals surface area contributed by atoms with Gasteiger partial charge in [0.1, 0.15) is 6.61 Å². The molecule has 1 atom stereocenters. The van der Waals surface area contributed by atoms with Gasteiger partial charge in [-0.1, -0.05) is 6.92 Å². The Morgan fingerprint density at radius 2 is 2.09 bits per heavy atom. The standard InChI is InChI=1S/C25H25N3O4S/c1-4-25(31)16-9-19-21-14(10-28(19)23(29)15(16)11-32-24(25)30)13-7-8-33-22-18(26-12(2)3)6-5-17(27-21)20(13)22/h5-6,9,12,26,31H,4,7-8,10-11H2,1-3H3/t25-/m0/s1. The van der Waals surface area contributed by atoms with Crippen LogP contribution in [0.2, 0.25) is 0 Å². The van der Waals surface area contributed by atoms with Crippen molar-refractivity contribution in [3.8, 4) is 11.4 Å². The lowest BCUT2D eigenvalue weighted by Crippen LogP contribution is -2.44. The van der Waals surface area contributed by atoms with Crippen molar-refractivity contribution in [2.45, 2.75) is 63.3 Å². The van der Waals surface area contributed by atoms with E-state index in [1.807, 2.05) is 17.8 Å². The molecule has 3 aliphatic rings. The third-order valence-corrected chi connectivity index (χ3v) is 8.09. The number of pyridine rings is 2. The van der Waals surface area contributed by atoms with Crippen LogP contribution in [0.25, 0.3) is 22.3 Å². The predicted molar refractivity (Wildman–Crippen MR) is 128 cm³/mol. The van der Waals surface area contributed by atoms with E-state index in [0.717, 1.165) is 34.6 Å². The molecule has 0 aliphatic carbocycles. The van der Waals surface area contributed by atoms with Gasteiger partial charge in [0.05, 0.1) is 29.0 Å². The molecule has 0 saturated carbocycles. The lowest BCUT2D eigenvalue weighted by atomic mass is 9.86. The maximum Gasteiger partial charge on any atom is 0.343 e. The van der Waals surface area contributed by atoms with E-state index in [4.69, 9.17) is 9.72 Å². The Morgan fingerprint density at radius 1 is 1.27 bits per heavy atom. The van der Waals surface area contributed by atoms with E-state index in [-0.39, 0.29) is 18.6 Å². The van der Waals surface area contributed by atoms with Gasteiger partial charge in [0.15, 0.2) is 5.60 Å². The first kappa shape index (κ1) is 20.7. The third-order valence-electron chi connectivity index (χ3n) is 6.96. The Labute approximate surface area is 195 Å². The van der Waals surface area contributed by atoms with E-state index >= 15 is 0 Å². The molecule has 2 aromatic heterocycles. The van der Waals surface area contributed by atoms with Gasteiger partial charge in [-0.25, -0.2) is 9.78 Å². The van der Waals surface area contributed by atoms with Gasteiger partial charge in [-0.2, -0.15) is 0 Å². The number of esters is 1. The molecule has 5 heterocycles. The van der Waals surface area contributed by atoms with Crippen LogP contribution in [0.4, 0.5) is 5.69 Å². The van der Waals surface area contributed by atoms with Crippen molar-refractivity contribution in [2.24, 2.45) is 0 Å². The zero-order chi connectivity index (χ0) is 23.1. The number of cyclic esters (lactones) is 1. The number of hydrogen-bond acceptors (Lipinski definition) is 7. The Balaban J connectivity index is 1.61. The number of rotatable bonds is 3. The van der Waals surface area contributed by atoms with Crippen LogP contribution in [-0.4, -0.2) is 32.4 Å². The van der Waals surface area contributed by atoms with Crippen LogP contribution in [-0.2, 0) is 34.7 Å². The highest BCUT2D eigenvalue weighted by molar-refractivity contribution is 7.99. The summed E-state index contributed by atoms with van der Waals surface area (Å²) in [6, 6.07) is 6.23. The number of nitrogens with one attached hydrogen (secondary N) is 1. The minimum Gasteiger partial charge on any atom is -0.458 e. The first-order valence-corrected chi connectivity index (χ1v) is 12.4. The molecule has 6 rings (SSSR count). The Hall–Kier alpha value is -2.84. The minimum atomic E-state index is -1.81. The number of aliphatic hydroxyl groups is 1. The molecule has 7 nitrogen and oxygen atoms in total. The number of fused-ring (bicyclic) bond motifs is 5. The zero-order valence-electron chi connectivity index (χ0n) is 18.8. The fraction of sp³-hybridized carbons (Fsp3) is 0.400. The largest absolute Gasteiger partial charge is 0.458 e. The fourth-order valence-corrected chi connectivity index (χ4v) is 6.50. The summed E-state index contributed by atoms with van der Waals surface area (Å²) in [5, 5.41) is 15.8. The number of carbonyl (C=O) groups is 1. The molecule has 8 heteroatoms. The van der Waals surface area contributed by atoms with Crippen molar-refractivity contribution in [3.05, 3.63) is 50.8 Å². The Bertz CT molecular complexity index is 1430. The molecule has 3 aliphatic heterocycles. The number of benzene rings is 1. The van der Waals surface area contributed by atoms with Crippen molar-refractivity contribution in [1.29, 1.82) is 0 Å². The van der Waals surface area contributed by atoms with Gasteiger partial charge in [0.25, 0.3) is 5.56 Å². The van der Waals surface area contributed by atoms with Crippen LogP contribution >= 0.6 is 11.8 Å². The highest BCUT2D eigenvalue weighted by atomic mass is 32.2. The van der Waals surface area contributed by atoms with Crippen LogP contribution in [0, 0.1) is 0 Å². The van der Waals surface area contributed by atoms with Gasteiger partial charge in [-0.15, -0.1) is 11.8 Å². The van der Waals surface area contributed by atoms with Crippen LogP contribution < -0.4 is 10.9 Å². The smallest absolute Gasteiger partial charge is 0.343 e. The summed E-state index contributed by atoms with van der Waals surface area (Å²) in [4.78, 5) is 32.1. The van der Waals surface area contributed by atoms with Gasteiger partial charge in [-0.3, -0.25) is 4.79 Å². The summed E-state index contributed by atoms with van der Waals surface area (Å²) < 4.78 is 6.90. The van der Waals surface area contributed by atoms with Crippen LogP contribution in [0.1, 0.15) is 49.4 Å². The van der Waals surface area contributed by atoms with Gasteiger partial charge in [0.2, 0.25) is 0 Å². The average Bonchev–Trinajstić information content (AvgIpc) is 3.17. The topological polar surface area (TPSA) is 93.5 Å². The molecule has 0 fully saturated rings. The van der Waals surface area contributed by atoms with Crippen LogP contribution in [0.5, 0.6) is 0 Å². The molecule has 0 saturated heterocycles. The van der Waals surface area contributed by atoms with E-state index in [0.29, 0.717) is 29.4 Å². The molecule has 0 spiro atoms. The Kier molecular flexibility index (Phi) is 4.45. The predicted octanol–water partition coefficient (Wildman–Crippen LogP) is 3.55. The first-order valence-electron chi connectivity index (χ1n) is 11.4. The molecule has 0 bridgehead atoms. The zero-order valence-corrected chi connectivity index (χ0v) is 19.6. The first-order chi connectivity index (χ1) is 15.8. The van der Waals surface area contributed by atoms with E-state index in [1.165, 1.54) is 15.8 Å². The van der Waals surface area contributed by atoms with Crippen molar-refractivity contribution in [3.63, 3.8) is 0 Å². The summed E-state index contributed by atoms with van der Waals surface area (Å²) in [6.07, 6.45) is 1.05. The van der Waals surface area contributed by atoms with Gasteiger partial charge in [-0.05, 0) is 50.5 Å². The van der Waals surface area contributed by atoms with Crippen molar-refractivity contribution >= 4 is 34.3 Å². The summed E-state index contributed by atoms with van der Waals surface area (Å²) in [7, 11) is 0. The van der Waals surface area contributed by atoms with Crippen molar-refractivity contribution in [1.82, 2.24) is 9.55 Å². The van der Waals surface area contributed by atoms with Gasteiger partial charge < -0.3 is 19.7 Å². The number of ether oxygens (including phenoxy) is 1. The highest BCUT2D eigenvalue weighted by Crippen LogP contribution is 2.46. The molecule has 0 radical (unpaired) electrons. The number of carbonyl (C=O) groups excluding carboxylic acids is 1. The molecule has 2 N–H and O–H groups in total. The van der Waals surface area contributed by atoms with Crippen LogP contribution in [0.15, 0.2) is 27.9 Å². The van der Waals surface area contributed by atoms with Crippen molar-refractivity contribution < 1.29 is 14.6 Å². The molecule has 0 amide bonds. The summed E-state index contributed by atoms with van der Waals surface area (Å²) in [5.41, 5.74) is 4.46. The number of nitrogens with zero attached hydrogens (tertiary/aromatic N) is 2. The molecular weight excluding hydrogens is 438 g/mol. The van der Waals surface area contributed by atoms with E-state index < -0.39 is 11.6 Å². The maximum absolute atomic E-state index is 13.5. The molecule has 1 aromatic carbocycles. The number of anilines is 1. The van der Waals surface area contributed by atoms with Crippen molar-refractivity contribution in [2.75, 3.05) is 11.1 Å². The number of hydrogen-bond donors (Lipinski definition) is 2. The molecule has 3 aromatic rings. The second-order valence-corrected chi connectivity index (χ2v) is 10.4. The SMILES string of the molecule is CC[C@@]1(O)C(=O)OCc2c1cc1n(c2=O)Cc2c-1nc1ccc(NC(C)C)c3c1c2CCS3. The monoisotopic (exact) mass is 463 g/mol. The molecular formula is C25H25N3O4S. The summed E-state index contributed by atoms with van der Waals surface area (Å²) in [5.74, 6) is 0.267. The summed E-state index contributed by atoms with van der Waals surface area (Å²) >= 11 is 1.85. The lowest BCUT2D eigenvalue weighted by Gasteiger charge is -2.31. The Morgan fingerprint density at radius 3 is 2.85 bits per heavy atom. The van der Waals surface area contributed by atoms with Crippen LogP contribution in [0.3, 0.4) is 0 Å². The molecule has 170 valence electrons. The molecule has 0 unspecified atom stereocenters. The highest BCUT2D eigenvalue weighted by Gasteiger charge is 2.45. The summed E-state index contributed by atoms with van der Waals surface area (Å²) in [6.45, 7) is 6.30. The fourth-order valence-electron chi connectivity index (χ4n) is 5.34.